The van der Waals surface area contributed by atoms with Gasteiger partial charge in [0.2, 0.25) is 6.79 Å². The molecule has 2 aromatic rings. The molecule has 4 heteroatoms. The lowest BCUT2D eigenvalue weighted by molar-refractivity contribution is 0.174. The van der Waals surface area contributed by atoms with Gasteiger partial charge in [-0.25, -0.2) is 4.98 Å². The predicted octanol–water partition coefficient (Wildman–Crippen LogP) is 3.29. The first-order valence-corrected chi connectivity index (χ1v) is 5.96. The molecule has 1 aliphatic heterocycles. The molecule has 0 saturated carbocycles. The maximum absolute atomic E-state index is 5.35. The van der Waals surface area contributed by atoms with Crippen molar-refractivity contribution in [2.45, 2.75) is 13.3 Å². The Balaban J connectivity index is 2.28. The predicted molar refractivity (Wildman–Crippen MR) is 64.9 cm³/mol. The Morgan fingerprint density at radius 1 is 1.25 bits per heavy atom. The van der Waals surface area contributed by atoms with Crippen molar-refractivity contribution < 1.29 is 9.47 Å². The van der Waals surface area contributed by atoms with Crippen molar-refractivity contribution in [2.75, 3.05) is 6.79 Å². The Kier molecular flexibility index (Phi) is 2.24. The van der Waals surface area contributed by atoms with Crippen molar-refractivity contribution in [1.82, 2.24) is 4.98 Å². The van der Waals surface area contributed by atoms with Gasteiger partial charge in [-0.05, 0) is 40.0 Å². The largest absolute Gasteiger partial charge is 0.454 e. The average molecular weight is 280 g/mol. The van der Waals surface area contributed by atoms with Crippen molar-refractivity contribution in [2.24, 2.45) is 0 Å². The van der Waals surface area contributed by atoms with Gasteiger partial charge in [0.15, 0.2) is 11.5 Å². The Morgan fingerprint density at radius 2 is 2.00 bits per heavy atom. The zero-order chi connectivity index (χ0) is 11.1. The molecular formula is C12H10BrNO2. The van der Waals surface area contributed by atoms with Gasteiger partial charge in [0.1, 0.15) is 4.60 Å². The third kappa shape index (κ3) is 1.45. The highest BCUT2D eigenvalue weighted by molar-refractivity contribution is 9.10. The molecule has 3 rings (SSSR count). The van der Waals surface area contributed by atoms with E-state index in [-0.39, 0.29) is 0 Å². The minimum atomic E-state index is 0.299. The van der Waals surface area contributed by atoms with E-state index in [0.29, 0.717) is 6.79 Å². The molecular weight excluding hydrogens is 270 g/mol. The highest BCUT2D eigenvalue weighted by atomic mass is 79.9. The summed E-state index contributed by atoms with van der Waals surface area (Å²) in [5, 5.41) is 1.09. The van der Waals surface area contributed by atoms with Crippen molar-refractivity contribution in [3.63, 3.8) is 0 Å². The van der Waals surface area contributed by atoms with E-state index >= 15 is 0 Å². The third-order valence-corrected chi connectivity index (χ3v) is 3.40. The monoisotopic (exact) mass is 279 g/mol. The molecule has 82 valence electrons. The van der Waals surface area contributed by atoms with Crippen LogP contribution >= 0.6 is 15.9 Å². The molecule has 16 heavy (non-hydrogen) atoms. The molecule has 0 atom stereocenters. The second-order valence-electron chi connectivity index (χ2n) is 3.69. The molecule has 0 bridgehead atoms. The van der Waals surface area contributed by atoms with Gasteiger partial charge < -0.3 is 9.47 Å². The minimum absolute atomic E-state index is 0.299. The number of pyridine rings is 1. The van der Waals surface area contributed by atoms with Crippen LogP contribution in [-0.4, -0.2) is 11.8 Å². The first kappa shape index (κ1) is 9.90. The van der Waals surface area contributed by atoms with E-state index in [4.69, 9.17) is 9.47 Å². The highest BCUT2D eigenvalue weighted by Crippen LogP contribution is 2.36. The van der Waals surface area contributed by atoms with Crippen LogP contribution in [0.25, 0.3) is 10.9 Å². The van der Waals surface area contributed by atoms with E-state index in [1.165, 1.54) is 5.56 Å². The van der Waals surface area contributed by atoms with Crippen LogP contribution in [0.5, 0.6) is 11.5 Å². The summed E-state index contributed by atoms with van der Waals surface area (Å²) in [6.45, 7) is 2.41. The summed E-state index contributed by atoms with van der Waals surface area (Å²) in [6, 6.07) is 6.03. The van der Waals surface area contributed by atoms with Crippen LogP contribution < -0.4 is 9.47 Å². The van der Waals surface area contributed by atoms with Crippen LogP contribution in [0.2, 0.25) is 0 Å². The minimum Gasteiger partial charge on any atom is -0.454 e. The van der Waals surface area contributed by atoms with E-state index in [9.17, 15) is 0 Å². The average Bonchev–Trinajstić information content (AvgIpc) is 2.72. The summed E-state index contributed by atoms with van der Waals surface area (Å²) in [5.74, 6) is 1.58. The number of hydrogen-bond acceptors (Lipinski definition) is 3. The van der Waals surface area contributed by atoms with Crippen LogP contribution in [0.3, 0.4) is 0 Å². The van der Waals surface area contributed by atoms with Crippen LogP contribution in [0.1, 0.15) is 12.5 Å². The molecule has 0 aliphatic carbocycles. The standard InChI is InChI=1S/C12H10BrNO2/c1-2-7-3-8-4-10-11(16-6-15-10)5-9(8)14-12(7)13/h3-5H,2,6H2,1H3. The molecule has 2 heterocycles. The number of ether oxygens (including phenoxy) is 2. The van der Waals surface area contributed by atoms with Gasteiger partial charge in [-0.3, -0.25) is 0 Å². The number of nitrogens with zero attached hydrogens (tertiary/aromatic N) is 1. The highest BCUT2D eigenvalue weighted by Gasteiger charge is 2.15. The van der Waals surface area contributed by atoms with Crippen LogP contribution in [-0.2, 0) is 6.42 Å². The van der Waals surface area contributed by atoms with Gasteiger partial charge in [-0.2, -0.15) is 0 Å². The Morgan fingerprint density at radius 3 is 2.75 bits per heavy atom. The lowest BCUT2D eigenvalue weighted by Gasteiger charge is -2.05. The fourth-order valence-electron chi connectivity index (χ4n) is 1.83. The van der Waals surface area contributed by atoms with Gasteiger partial charge in [0, 0.05) is 11.5 Å². The van der Waals surface area contributed by atoms with Gasteiger partial charge in [0.25, 0.3) is 0 Å². The van der Waals surface area contributed by atoms with Crippen molar-refractivity contribution in [3.05, 3.63) is 28.4 Å². The second kappa shape index (κ2) is 3.63. The molecule has 0 unspecified atom stereocenters. The van der Waals surface area contributed by atoms with Crippen LogP contribution in [0.4, 0.5) is 0 Å². The molecule has 0 amide bonds. The summed E-state index contributed by atoms with van der Waals surface area (Å²) in [4.78, 5) is 4.51. The summed E-state index contributed by atoms with van der Waals surface area (Å²) < 4.78 is 11.6. The van der Waals surface area contributed by atoms with Crippen molar-refractivity contribution >= 4 is 26.8 Å². The van der Waals surface area contributed by atoms with Gasteiger partial charge in [0.05, 0.1) is 5.52 Å². The fourth-order valence-corrected chi connectivity index (χ4v) is 2.42. The number of benzene rings is 1. The lowest BCUT2D eigenvalue weighted by Crippen LogP contribution is -1.92. The molecule has 0 fully saturated rings. The molecule has 0 saturated heterocycles. The topological polar surface area (TPSA) is 31.4 Å². The number of halogens is 1. The maximum atomic E-state index is 5.35. The normalized spacial score (nSPS) is 13.4. The van der Waals surface area contributed by atoms with Gasteiger partial charge in [-0.1, -0.05) is 6.92 Å². The number of fused-ring (bicyclic) bond motifs is 2. The van der Waals surface area contributed by atoms with Crippen molar-refractivity contribution in [3.8, 4) is 11.5 Å². The van der Waals surface area contributed by atoms with E-state index in [1.54, 1.807) is 0 Å². The molecule has 1 aliphatic rings. The number of hydrogen-bond donors (Lipinski definition) is 0. The third-order valence-electron chi connectivity index (χ3n) is 2.72. The summed E-state index contributed by atoms with van der Waals surface area (Å²) in [7, 11) is 0. The molecule has 0 N–H and O–H groups in total. The molecule has 1 aromatic carbocycles. The van der Waals surface area contributed by atoms with Crippen LogP contribution in [0, 0.1) is 0 Å². The Hall–Kier alpha value is -1.29. The molecule has 0 spiro atoms. The van der Waals surface area contributed by atoms with E-state index in [0.717, 1.165) is 33.4 Å². The maximum Gasteiger partial charge on any atom is 0.231 e. The number of rotatable bonds is 1. The Bertz CT molecular complexity index is 558. The van der Waals surface area contributed by atoms with E-state index < -0.39 is 0 Å². The van der Waals surface area contributed by atoms with Gasteiger partial charge in [-0.15, -0.1) is 0 Å². The lowest BCUT2D eigenvalue weighted by atomic mass is 10.1. The summed E-state index contributed by atoms with van der Waals surface area (Å²) >= 11 is 3.48. The molecule has 0 radical (unpaired) electrons. The number of aryl methyl sites for hydroxylation is 1. The molecule has 3 nitrogen and oxygen atoms in total. The first-order valence-electron chi connectivity index (χ1n) is 5.16. The Labute approximate surface area is 102 Å². The van der Waals surface area contributed by atoms with Gasteiger partial charge >= 0.3 is 0 Å². The zero-order valence-corrected chi connectivity index (χ0v) is 10.4. The molecule has 1 aromatic heterocycles. The quantitative estimate of drug-likeness (QED) is 0.751. The first-order chi connectivity index (χ1) is 7.78. The summed E-state index contributed by atoms with van der Waals surface area (Å²) in [6.07, 6.45) is 0.956. The van der Waals surface area contributed by atoms with E-state index in [2.05, 4.69) is 33.9 Å². The number of aromatic nitrogens is 1. The van der Waals surface area contributed by atoms with Crippen LogP contribution in [0.15, 0.2) is 22.8 Å². The fraction of sp³-hybridized carbons (Fsp3) is 0.250. The van der Waals surface area contributed by atoms with E-state index in [1.807, 2.05) is 12.1 Å². The zero-order valence-electron chi connectivity index (χ0n) is 8.79. The second-order valence-corrected chi connectivity index (χ2v) is 4.44. The smallest absolute Gasteiger partial charge is 0.231 e. The summed E-state index contributed by atoms with van der Waals surface area (Å²) in [5.41, 5.74) is 2.12. The van der Waals surface area contributed by atoms with Crippen molar-refractivity contribution in [1.29, 1.82) is 0 Å². The SMILES string of the molecule is CCc1cc2cc3c(cc2nc1Br)OCO3.